The van der Waals surface area contributed by atoms with Gasteiger partial charge in [-0.05, 0) is 62.8 Å². The number of aliphatic hydroxyl groups is 1. The molecule has 0 saturated heterocycles. The Balaban J connectivity index is 1.78. The lowest BCUT2D eigenvalue weighted by Crippen LogP contribution is -2.47. The molecule has 124 valence electrons. The summed E-state index contributed by atoms with van der Waals surface area (Å²) in [5.41, 5.74) is 1.03. The zero-order valence-corrected chi connectivity index (χ0v) is 14.3. The predicted octanol–water partition coefficient (Wildman–Crippen LogP) is 3.73. The van der Waals surface area contributed by atoms with Gasteiger partial charge in [0.25, 0.3) is 5.91 Å². The fourth-order valence-corrected chi connectivity index (χ4v) is 3.59. The van der Waals surface area contributed by atoms with E-state index in [-0.39, 0.29) is 11.9 Å². The van der Waals surface area contributed by atoms with Crippen molar-refractivity contribution < 1.29 is 9.90 Å². The van der Waals surface area contributed by atoms with Gasteiger partial charge in [0.2, 0.25) is 0 Å². The maximum absolute atomic E-state index is 12.0. The van der Waals surface area contributed by atoms with E-state index < -0.39 is 5.60 Å². The smallest absolute Gasteiger partial charge is 0.251 e. The zero-order chi connectivity index (χ0) is 16.6. The summed E-state index contributed by atoms with van der Waals surface area (Å²) in [5.74, 6) is 0.0909. The van der Waals surface area contributed by atoms with Crippen LogP contribution < -0.4 is 5.32 Å². The Kier molecular flexibility index (Phi) is 4.39. The van der Waals surface area contributed by atoms with Gasteiger partial charge in [-0.3, -0.25) is 4.79 Å². The number of H-pyrrole nitrogens is 1. The first-order valence-corrected chi connectivity index (χ1v) is 8.52. The van der Waals surface area contributed by atoms with Crippen LogP contribution in [-0.4, -0.2) is 27.6 Å². The minimum Gasteiger partial charge on any atom is -0.381 e. The number of halogens is 1. The highest BCUT2D eigenvalue weighted by Crippen LogP contribution is 2.37. The monoisotopic (exact) mass is 334 g/mol. The molecule has 3 rings (SSSR count). The normalized spacial score (nSPS) is 22.3. The lowest BCUT2D eigenvalue weighted by Gasteiger charge is -2.31. The van der Waals surface area contributed by atoms with Crippen LogP contribution in [0.25, 0.3) is 10.9 Å². The van der Waals surface area contributed by atoms with E-state index in [0.717, 1.165) is 41.6 Å². The molecule has 1 aliphatic carbocycles. The van der Waals surface area contributed by atoms with Gasteiger partial charge >= 0.3 is 0 Å². The molecule has 3 N–H and O–H groups in total. The minimum absolute atomic E-state index is 0.108. The first kappa shape index (κ1) is 16.3. The SMILES string of the molecule is CC(C)(O)C(=O)NC1CCC[C@@H](c2c[nH]c3ccc(Cl)cc23)C1. The van der Waals surface area contributed by atoms with Crippen molar-refractivity contribution in [3.8, 4) is 0 Å². The zero-order valence-electron chi connectivity index (χ0n) is 13.5. The second-order valence-electron chi connectivity index (χ2n) is 7.03. The molecule has 5 heteroatoms. The van der Waals surface area contributed by atoms with Crippen molar-refractivity contribution in [2.75, 3.05) is 0 Å². The second kappa shape index (κ2) is 6.17. The third kappa shape index (κ3) is 3.54. The molecule has 1 saturated carbocycles. The number of aromatic amines is 1. The van der Waals surface area contributed by atoms with Gasteiger partial charge in [-0.1, -0.05) is 18.0 Å². The topological polar surface area (TPSA) is 65.1 Å². The van der Waals surface area contributed by atoms with Crippen LogP contribution in [0.15, 0.2) is 24.4 Å². The molecule has 1 aliphatic rings. The quantitative estimate of drug-likeness (QED) is 0.800. The van der Waals surface area contributed by atoms with Gasteiger partial charge in [0.15, 0.2) is 0 Å². The van der Waals surface area contributed by atoms with Crippen molar-refractivity contribution >= 4 is 28.4 Å². The Morgan fingerprint density at radius 2 is 2.17 bits per heavy atom. The summed E-state index contributed by atoms with van der Waals surface area (Å²) in [7, 11) is 0. The second-order valence-corrected chi connectivity index (χ2v) is 7.46. The molecule has 4 nitrogen and oxygen atoms in total. The summed E-state index contributed by atoms with van der Waals surface area (Å²) in [5, 5.41) is 14.7. The number of benzene rings is 1. The number of aromatic nitrogens is 1. The van der Waals surface area contributed by atoms with Crippen molar-refractivity contribution in [2.24, 2.45) is 0 Å². The number of hydrogen-bond donors (Lipinski definition) is 3. The summed E-state index contributed by atoms with van der Waals surface area (Å²) < 4.78 is 0. The molecule has 1 amide bonds. The highest BCUT2D eigenvalue weighted by Gasteiger charge is 2.30. The maximum atomic E-state index is 12.0. The average molecular weight is 335 g/mol. The van der Waals surface area contributed by atoms with E-state index in [4.69, 9.17) is 11.6 Å². The van der Waals surface area contributed by atoms with E-state index >= 15 is 0 Å². The molecule has 0 radical (unpaired) electrons. The fourth-order valence-electron chi connectivity index (χ4n) is 3.42. The van der Waals surface area contributed by atoms with Crippen molar-refractivity contribution in [1.29, 1.82) is 0 Å². The van der Waals surface area contributed by atoms with Gasteiger partial charge in [0.1, 0.15) is 5.60 Å². The molecule has 1 unspecified atom stereocenters. The van der Waals surface area contributed by atoms with Crippen LogP contribution in [0, 0.1) is 0 Å². The number of rotatable bonds is 3. The summed E-state index contributed by atoms with van der Waals surface area (Å²) in [6, 6.07) is 5.99. The van der Waals surface area contributed by atoms with Crippen LogP contribution >= 0.6 is 11.6 Å². The largest absolute Gasteiger partial charge is 0.381 e. The number of hydrogen-bond acceptors (Lipinski definition) is 2. The number of nitrogens with one attached hydrogen (secondary N) is 2. The number of fused-ring (bicyclic) bond motifs is 1. The van der Waals surface area contributed by atoms with E-state index in [9.17, 15) is 9.90 Å². The maximum Gasteiger partial charge on any atom is 0.251 e. The van der Waals surface area contributed by atoms with E-state index in [2.05, 4.69) is 16.5 Å². The summed E-state index contributed by atoms with van der Waals surface area (Å²) in [4.78, 5) is 15.3. The Labute approximate surface area is 141 Å². The van der Waals surface area contributed by atoms with Crippen LogP contribution in [0.3, 0.4) is 0 Å². The summed E-state index contributed by atoms with van der Waals surface area (Å²) in [6.07, 6.45) is 6.08. The predicted molar refractivity (Wildman–Crippen MR) is 92.7 cm³/mol. The van der Waals surface area contributed by atoms with Crippen molar-refractivity contribution in [3.63, 3.8) is 0 Å². The van der Waals surface area contributed by atoms with Crippen molar-refractivity contribution in [2.45, 2.75) is 57.1 Å². The molecule has 0 bridgehead atoms. The molecule has 1 aromatic carbocycles. The van der Waals surface area contributed by atoms with Crippen molar-refractivity contribution in [3.05, 3.63) is 35.0 Å². The molecule has 1 aromatic heterocycles. The first-order chi connectivity index (χ1) is 10.8. The van der Waals surface area contributed by atoms with Crippen molar-refractivity contribution in [1.82, 2.24) is 10.3 Å². The number of amides is 1. The van der Waals surface area contributed by atoms with Gasteiger partial charge in [0, 0.05) is 28.2 Å². The third-order valence-electron chi connectivity index (χ3n) is 4.68. The van der Waals surface area contributed by atoms with Gasteiger partial charge in [-0.2, -0.15) is 0 Å². The first-order valence-electron chi connectivity index (χ1n) is 8.14. The molecule has 2 atom stereocenters. The number of carbonyl (C=O) groups is 1. The van der Waals surface area contributed by atoms with Crippen LogP contribution in [0.1, 0.15) is 51.0 Å². The molecular formula is C18H23ClN2O2. The fraction of sp³-hybridized carbons (Fsp3) is 0.500. The highest BCUT2D eigenvalue weighted by molar-refractivity contribution is 6.31. The molecule has 23 heavy (non-hydrogen) atoms. The van der Waals surface area contributed by atoms with Crippen LogP contribution in [-0.2, 0) is 4.79 Å². The lowest BCUT2D eigenvalue weighted by molar-refractivity contribution is -0.137. The summed E-state index contributed by atoms with van der Waals surface area (Å²) in [6.45, 7) is 3.04. The average Bonchev–Trinajstić information content (AvgIpc) is 2.89. The Morgan fingerprint density at radius 1 is 1.39 bits per heavy atom. The van der Waals surface area contributed by atoms with Gasteiger partial charge < -0.3 is 15.4 Å². The standard InChI is InChI=1S/C18H23ClN2O2/c1-18(2,23)17(22)21-13-5-3-4-11(8-13)15-10-20-16-7-6-12(19)9-14(15)16/h6-7,9-11,13,20,23H,3-5,8H2,1-2H3,(H,21,22)/t11-,13?/m1/s1. The molecule has 1 fully saturated rings. The lowest BCUT2D eigenvalue weighted by atomic mass is 9.81. The third-order valence-corrected chi connectivity index (χ3v) is 4.92. The Bertz CT molecular complexity index is 717. The van der Waals surface area contributed by atoms with E-state index in [1.807, 2.05) is 18.2 Å². The molecule has 2 aromatic rings. The van der Waals surface area contributed by atoms with E-state index in [0.29, 0.717) is 5.92 Å². The summed E-state index contributed by atoms with van der Waals surface area (Å²) >= 11 is 6.14. The molecule has 0 spiro atoms. The van der Waals surface area contributed by atoms with E-state index in [1.54, 1.807) is 0 Å². The number of carbonyl (C=O) groups excluding carboxylic acids is 1. The van der Waals surface area contributed by atoms with Gasteiger partial charge in [-0.15, -0.1) is 0 Å². The molecular weight excluding hydrogens is 312 g/mol. The van der Waals surface area contributed by atoms with Gasteiger partial charge in [-0.25, -0.2) is 0 Å². The molecule has 1 heterocycles. The van der Waals surface area contributed by atoms with Crippen LogP contribution in [0.4, 0.5) is 0 Å². The Hall–Kier alpha value is -1.52. The van der Waals surface area contributed by atoms with E-state index in [1.165, 1.54) is 19.4 Å². The van der Waals surface area contributed by atoms with Crippen LogP contribution in [0.5, 0.6) is 0 Å². The Morgan fingerprint density at radius 3 is 2.91 bits per heavy atom. The highest BCUT2D eigenvalue weighted by atomic mass is 35.5. The molecule has 0 aliphatic heterocycles. The van der Waals surface area contributed by atoms with Crippen LogP contribution in [0.2, 0.25) is 5.02 Å². The minimum atomic E-state index is -1.33. The van der Waals surface area contributed by atoms with Gasteiger partial charge in [0.05, 0.1) is 0 Å².